The minimum Gasteiger partial charge on any atom is -0.465 e. The number of hydrogen-bond donors (Lipinski definition) is 1. The molecule has 0 fully saturated rings. The molecule has 0 radical (unpaired) electrons. The standard InChI is InChI=1S/C23H33N5O3.ClH/c1-7-27(23(30)31)21-12-16(2)28(6,17(3)29)22-9-8-18(13-20(21)22)19-14-24-26(15-19)11-10-25(4)5;/h8-9,13-16,21H,7,10-12H2,1-6H3;1H/p+1/t16-,21?,28+;/m0./s1. The monoisotopic (exact) mass is 464 g/mol. The van der Waals surface area contributed by atoms with Crippen LogP contribution in [0, 0.1) is 0 Å². The van der Waals surface area contributed by atoms with E-state index in [2.05, 4.69) is 10.00 Å². The fourth-order valence-electron chi connectivity index (χ4n) is 4.52. The van der Waals surface area contributed by atoms with Crippen molar-refractivity contribution in [3.05, 3.63) is 36.2 Å². The molecule has 1 aromatic carbocycles. The van der Waals surface area contributed by atoms with Crippen molar-refractivity contribution >= 4 is 30.1 Å². The van der Waals surface area contributed by atoms with E-state index >= 15 is 0 Å². The predicted octanol–water partition coefficient (Wildman–Crippen LogP) is 3.85. The molecule has 1 unspecified atom stereocenters. The molecule has 0 bridgehead atoms. The number of carboxylic acid groups (broad SMARTS) is 1. The van der Waals surface area contributed by atoms with Crippen molar-refractivity contribution in [2.75, 3.05) is 34.2 Å². The van der Waals surface area contributed by atoms with E-state index in [1.165, 1.54) is 4.90 Å². The van der Waals surface area contributed by atoms with Crippen LogP contribution in [-0.4, -0.2) is 77.0 Å². The van der Waals surface area contributed by atoms with E-state index in [4.69, 9.17) is 0 Å². The summed E-state index contributed by atoms with van der Waals surface area (Å²) in [5.41, 5.74) is 3.73. The first-order valence-corrected chi connectivity index (χ1v) is 10.8. The molecule has 32 heavy (non-hydrogen) atoms. The number of rotatable bonds is 6. The Kier molecular flexibility index (Phi) is 8.09. The molecule has 1 aliphatic rings. The third-order valence-electron chi connectivity index (χ3n) is 6.69. The van der Waals surface area contributed by atoms with Crippen LogP contribution >= 0.6 is 12.4 Å². The highest BCUT2D eigenvalue weighted by atomic mass is 35.5. The second-order valence-corrected chi connectivity index (χ2v) is 8.83. The molecule has 1 N–H and O–H groups in total. The molecular weight excluding hydrogens is 430 g/mol. The third-order valence-corrected chi connectivity index (χ3v) is 6.69. The zero-order valence-corrected chi connectivity index (χ0v) is 20.6. The normalized spacial score (nSPS) is 22.2. The molecule has 2 heterocycles. The summed E-state index contributed by atoms with van der Waals surface area (Å²) in [6, 6.07) is 5.73. The Labute approximate surface area is 196 Å². The van der Waals surface area contributed by atoms with Crippen molar-refractivity contribution in [3.63, 3.8) is 0 Å². The van der Waals surface area contributed by atoms with E-state index in [0.717, 1.165) is 35.5 Å². The van der Waals surface area contributed by atoms with Crippen molar-refractivity contribution in [3.8, 4) is 11.1 Å². The van der Waals surface area contributed by atoms with Gasteiger partial charge in [0.1, 0.15) is 5.69 Å². The fraction of sp³-hybridized carbons (Fsp3) is 0.522. The van der Waals surface area contributed by atoms with Crippen molar-refractivity contribution in [2.45, 2.75) is 45.8 Å². The number of amides is 2. The Hall–Kier alpha value is -2.42. The summed E-state index contributed by atoms with van der Waals surface area (Å²) in [5.74, 6) is 0.0508. The molecule has 0 saturated heterocycles. The molecular formula is C23H35ClN5O3+. The van der Waals surface area contributed by atoms with E-state index in [1.807, 2.05) is 70.3 Å². The Bertz CT molecular complexity index is 976. The van der Waals surface area contributed by atoms with Gasteiger partial charge in [0.15, 0.2) is 0 Å². The summed E-state index contributed by atoms with van der Waals surface area (Å²) in [5, 5.41) is 14.3. The number of carbonyl (C=O) groups is 2. The lowest BCUT2D eigenvalue weighted by Gasteiger charge is -2.45. The summed E-state index contributed by atoms with van der Waals surface area (Å²) in [7, 11) is 5.99. The van der Waals surface area contributed by atoms with Crippen molar-refractivity contribution in [1.29, 1.82) is 0 Å². The lowest BCUT2D eigenvalue weighted by Crippen LogP contribution is -2.60. The van der Waals surface area contributed by atoms with Crippen LogP contribution in [0.25, 0.3) is 11.1 Å². The Morgan fingerprint density at radius 1 is 1.28 bits per heavy atom. The van der Waals surface area contributed by atoms with Gasteiger partial charge in [0.25, 0.3) is 0 Å². The van der Waals surface area contributed by atoms with Crippen LogP contribution in [0.2, 0.25) is 0 Å². The lowest BCUT2D eigenvalue weighted by molar-refractivity contribution is -0.129. The van der Waals surface area contributed by atoms with Crippen LogP contribution in [0.3, 0.4) is 0 Å². The van der Waals surface area contributed by atoms with Crippen molar-refractivity contribution in [1.82, 2.24) is 24.1 Å². The molecule has 9 heteroatoms. The van der Waals surface area contributed by atoms with Crippen LogP contribution in [0.4, 0.5) is 10.5 Å². The van der Waals surface area contributed by atoms with E-state index in [-0.39, 0.29) is 34.9 Å². The van der Waals surface area contributed by atoms with Gasteiger partial charge in [-0.15, -0.1) is 12.4 Å². The van der Waals surface area contributed by atoms with Gasteiger partial charge in [-0.05, 0) is 45.6 Å². The minimum atomic E-state index is -0.938. The first-order chi connectivity index (χ1) is 14.6. The number of carbonyl (C=O) groups excluding carboxylic acids is 1. The van der Waals surface area contributed by atoms with Crippen LogP contribution in [0.1, 0.15) is 38.8 Å². The van der Waals surface area contributed by atoms with Gasteiger partial charge in [-0.25, -0.2) is 14.1 Å². The highest BCUT2D eigenvalue weighted by Gasteiger charge is 2.47. The summed E-state index contributed by atoms with van der Waals surface area (Å²) >= 11 is 0. The number of halogens is 1. The average molecular weight is 465 g/mol. The zero-order valence-electron chi connectivity index (χ0n) is 19.8. The van der Waals surface area contributed by atoms with E-state index in [9.17, 15) is 14.7 Å². The maximum atomic E-state index is 12.7. The molecule has 3 atom stereocenters. The molecule has 8 nitrogen and oxygen atoms in total. The van der Waals surface area contributed by atoms with Gasteiger partial charge < -0.3 is 14.9 Å². The maximum Gasteiger partial charge on any atom is 0.407 e. The van der Waals surface area contributed by atoms with Gasteiger partial charge in [-0.1, -0.05) is 0 Å². The average Bonchev–Trinajstić information content (AvgIpc) is 3.19. The lowest BCUT2D eigenvalue weighted by atomic mass is 9.86. The molecule has 2 aromatic rings. The zero-order chi connectivity index (χ0) is 22.9. The van der Waals surface area contributed by atoms with Crippen LogP contribution in [-0.2, 0) is 11.3 Å². The summed E-state index contributed by atoms with van der Waals surface area (Å²) < 4.78 is 2.09. The number of fused-ring (bicyclic) bond motifs is 1. The molecule has 1 aromatic heterocycles. The summed E-state index contributed by atoms with van der Waals surface area (Å²) in [4.78, 5) is 28.2. The van der Waals surface area contributed by atoms with Gasteiger partial charge in [-0.2, -0.15) is 5.10 Å². The Balaban J connectivity index is 0.00000363. The highest BCUT2D eigenvalue weighted by Crippen LogP contribution is 2.45. The second-order valence-electron chi connectivity index (χ2n) is 8.83. The number of likely N-dealkylation sites (N-methyl/N-ethyl adjacent to an activating group) is 1. The number of quaternary nitrogens is 1. The SMILES string of the molecule is CCN(C(=O)O)C1C[C@H](C)[N@+](C)(C(C)=O)c2ccc(-c3cnn(CCN(C)C)c3)cc21.Cl. The van der Waals surface area contributed by atoms with Gasteiger partial charge in [0.05, 0.1) is 38.8 Å². The summed E-state index contributed by atoms with van der Waals surface area (Å²) in [6.45, 7) is 7.56. The van der Waals surface area contributed by atoms with Crippen molar-refractivity contribution in [2.24, 2.45) is 0 Å². The van der Waals surface area contributed by atoms with Gasteiger partial charge in [0, 0.05) is 42.9 Å². The van der Waals surface area contributed by atoms with Crippen LogP contribution in [0.5, 0.6) is 0 Å². The number of benzene rings is 1. The minimum absolute atomic E-state index is 0. The second kappa shape index (κ2) is 10.0. The van der Waals surface area contributed by atoms with E-state index in [0.29, 0.717) is 13.0 Å². The number of hydrogen-bond acceptors (Lipinski definition) is 4. The molecule has 0 saturated carbocycles. The topological polar surface area (TPSA) is 78.7 Å². The first kappa shape index (κ1) is 25.8. The largest absolute Gasteiger partial charge is 0.465 e. The summed E-state index contributed by atoms with van der Waals surface area (Å²) in [6.07, 6.45) is 3.51. The van der Waals surface area contributed by atoms with E-state index in [1.54, 1.807) is 6.92 Å². The molecule has 2 amide bonds. The highest BCUT2D eigenvalue weighted by molar-refractivity contribution is 5.89. The number of aromatic nitrogens is 2. The van der Waals surface area contributed by atoms with Gasteiger partial charge >= 0.3 is 12.0 Å². The number of nitrogens with zero attached hydrogens (tertiary/aromatic N) is 5. The molecule has 3 rings (SSSR count). The molecule has 0 aliphatic carbocycles. The van der Waals surface area contributed by atoms with Crippen LogP contribution < -0.4 is 4.48 Å². The first-order valence-electron chi connectivity index (χ1n) is 10.8. The Morgan fingerprint density at radius 2 is 1.97 bits per heavy atom. The van der Waals surface area contributed by atoms with Crippen molar-refractivity contribution < 1.29 is 14.7 Å². The van der Waals surface area contributed by atoms with Gasteiger partial charge in [0.2, 0.25) is 0 Å². The van der Waals surface area contributed by atoms with Crippen LogP contribution in [0.15, 0.2) is 30.6 Å². The maximum absolute atomic E-state index is 12.7. The third kappa shape index (κ3) is 4.67. The molecule has 176 valence electrons. The quantitative estimate of drug-likeness (QED) is 0.657. The van der Waals surface area contributed by atoms with E-state index < -0.39 is 6.09 Å². The predicted molar refractivity (Wildman–Crippen MR) is 129 cm³/mol. The smallest absolute Gasteiger partial charge is 0.407 e. The Morgan fingerprint density at radius 3 is 2.53 bits per heavy atom. The molecule has 1 aliphatic heterocycles. The fourth-order valence-corrected chi connectivity index (χ4v) is 4.52. The van der Waals surface area contributed by atoms with Gasteiger partial charge in [-0.3, -0.25) is 4.68 Å². The molecule has 0 spiro atoms.